The lowest BCUT2D eigenvalue weighted by Gasteiger charge is -2.47. The van der Waals surface area contributed by atoms with E-state index < -0.39 is 5.54 Å². The lowest BCUT2D eigenvalue weighted by atomic mass is 9.93. The number of nitrogens with zero attached hydrogens (tertiary/aromatic N) is 1. The van der Waals surface area contributed by atoms with Crippen LogP contribution in [0.15, 0.2) is 60.4 Å². The van der Waals surface area contributed by atoms with Crippen molar-refractivity contribution in [2.45, 2.75) is 30.0 Å². The molecular formula is C21H21Br2ClNO2+. The highest BCUT2D eigenvalue weighted by molar-refractivity contribution is 9.24. The summed E-state index contributed by atoms with van der Waals surface area (Å²) in [4.78, 5) is 14.1. The van der Waals surface area contributed by atoms with Crippen LogP contribution >= 0.6 is 43.5 Å². The first-order valence-corrected chi connectivity index (χ1v) is 10.8. The summed E-state index contributed by atoms with van der Waals surface area (Å²) >= 11 is 13.3. The van der Waals surface area contributed by atoms with E-state index in [1.165, 1.54) is 0 Å². The predicted octanol–water partition coefficient (Wildman–Crippen LogP) is 6.49. The highest BCUT2D eigenvalue weighted by atomic mass is 79.9. The number of amides is 1. The van der Waals surface area contributed by atoms with Crippen LogP contribution in [-0.2, 0) is 9.53 Å². The summed E-state index contributed by atoms with van der Waals surface area (Å²) in [6.45, 7) is 6.33. The van der Waals surface area contributed by atoms with E-state index in [0.717, 1.165) is 11.3 Å². The Balaban J connectivity index is 2.29. The number of hydrogen-bond acceptors (Lipinski definition) is 2. The molecule has 0 spiro atoms. The molecule has 1 unspecified atom stereocenters. The number of allylic oxidation sites excluding steroid dienone is 1. The molecule has 0 aliphatic carbocycles. The molecule has 3 rings (SSSR count). The third-order valence-electron chi connectivity index (χ3n) is 4.88. The first-order valence-electron chi connectivity index (χ1n) is 8.58. The molecule has 1 atom stereocenters. The van der Waals surface area contributed by atoms with Gasteiger partial charge in [-0.15, -0.1) is 0 Å². The molecule has 1 heterocycles. The van der Waals surface area contributed by atoms with Crippen LogP contribution in [0.25, 0.3) is 5.57 Å². The molecule has 1 amide bonds. The van der Waals surface area contributed by atoms with Crippen molar-refractivity contribution in [3.63, 3.8) is 0 Å². The normalized spacial score (nSPS) is 20.8. The Bertz CT molecular complexity index is 891. The van der Waals surface area contributed by atoms with E-state index in [0.29, 0.717) is 16.4 Å². The van der Waals surface area contributed by atoms with Crippen LogP contribution in [0.3, 0.4) is 0 Å². The predicted molar refractivity (Wildman–Crippen MR) is 119 cm³/mol. The SMILES string of the molecule is CC(C)(C)[N+]1(c2cccc(Cl)c2)COC(C(Br)Br)=C(c2ccccc2)C1=O. The molecule has 27 heavy (non-hydrogen) atoms. The van der Waals surface area contributed by atoms with E-state index in [9.17, 15) is 4.79 Å². The average molecular weight is 515 g/mol. The number of rotatable bonds is 3. The minimum absolute atomic E-state index is 0.0129. The van der Waals surface area contributed by atoms with Gasteiger partial charge in [-0.1, -0.05) is 79.9 Å². The number of benzene rings is 2. The number of halogens is 3. The number of carbonyl (C=O) groups is 1. The molecule has 0 saturated heterocycles. The van der Waals surface area contributed by atoms with Gasteiger partial charge in [-0.05, 0) is 38.5 Å². The second-order valence-corrected chi connectivity index (χ2v) is 10.9. The van der Waals surface area contributed by atoms with Gasteiger partial charge >= 0.3 is 5.91 Å². The maximum absolute atomic E-state index is 14.1. The Hall–Kier alpha value is -1.14. The van der Waals surface area contributed by atoms with Crippen LogP contribution in [0, 0.1) is 0 Å². The van der Waals surface area contributed by atoms with E-state index in [1.54, 1.807) is 0 Å². The largest absolute Gasteiger partial charge is 0.445 e. The quantitative estimate of drug-likeness (QED) is 0.346. The number of carbonyl (C=O) groups excluding carboxylic acids is 1. The first-order chi connectivity index (χ1) is 12.7. The summed E-state index contributed by atoms with van der Waals surface area (Å²) in [5.74, 6) is 0.576. The fourth-order valence-corrected chi connectivity index (χ4v) is 4.33. The van der Waals surface area contributed by atoms with Crippen molar-refractivity contribution in [3.05, 3.63) is 70.9 Å². The highest BCUT2D eigenvalue weighted by Crippen LogP contribution is 2.44. The average Bonchev–Trinajstić information content (AvgIpc) is 2.61. The van der Waals surface area contributed by atoms with Gasteiger partial charge < -0.3 is 4.74 Å². The molecule has 1 aliphatic heterocycles. The van der Waals surface area contributed by atoms with Crippen LogP contribution in [0.1, 0.15) is 26.3 Å². The molecule has 2 aromatic carbocycles. The van der Waals surface area contributed by atoms with E-state index in [4.69, 9.17) is 16.3 Å². The number of alkyl halides is 2. The van der Waals surface area contributed by atoms with Crippen molar-refractivity contribution in [2.24, 2.45) is 0 Å². The maximum Gasteiger partial charge on any atom is 0.358 e. The van der Waals surface area contributed by atoms with Gasteiger partial charge in [0.15, 0.2) is 0 Å². The van der Waals surface area contributed by atoms with Crippen LogP contribution in [0.5, 0.6) is 0 Å². The van der Waals surface area contributed by atoms with Crippen molar-refractivity contribution < 1.29 is 9.53 Å². The van der Waals surface area contributed by atoms with Gasteiger partial charge in [0, 0.05) is 11.1 Å². The van der Waals surface area contributed by atoms with E-state index >= 15 is 0 Å². The van der Waals surface area contributed by atoms with Crippen LogP contribution in [0.4, 0.5) is 5.69 Å². The maximum atomic E-state index is 14.1. The molecule has 0 saturated carbocycles. The molecule has 142 valence electrons. The Kier molecular flexibility index (Phi) is 5.88. The van der Waals surface area contributed by atoms with Crippen molar-refractivity contribution in [1.82, 2.24) is 4.48 Å². The summed E-state index contributed by atoms with van der Waals surface area (Å²) in [7, 11) is 0. The summed E-state index contributed by atoms with van der Waals surface area (Å²) < 4.78 is 5.97. The summed E-state index contributed by atoms with van der Waals surface area (Å²) in [6, 6.07) is 17.1. The molecule has 0 aromatic heterocycles. The second-order valence-electron chi connectivity index (χ2n) is 7.45. The topological polar surface area (TPSA) is 26.3 Å². The Morgan fingerprint density at radius 1 is 1.07 bits per heavy atom. The minimum atomic E-state index is -0.443. The summed E-state index contributed by atoms with van der Waals surface area (Å²) in [6.07, 6.45) is 0. The molecular weight excluding hydrogens is 493 g/mol. The smallest absolute Gasteiger partial charge is 0.358 e. The van der Waals surface area contributed by atoms with E-state index in [1.807, 2.05) is 75.4 Å². The molecule has 2 aromatic rings. The third-order valence-corrected chi connectivity index (χ3v) is 5.94. The number of quaternary nitrogens is 1. The molecule has 0 N–H and O–H groups in total. The summed E-state index contributed by atoms with van der Waals surface area (Å²) in [5.41, 5.74) is 1.76. The van der Waals surface area contributed by atoms with Crippen LogP contribution in [-0.4, -0.2) is 21.9 Å². The Labute approximate surface area is 181 Å². The lowest BCUT2D eigenvalue weighted by molar-refractivity contribution is -0.136. The van der Waals surface area contributed by atoms with Gasteiger partial charge in [0.2, 0.25) is 6.73 Å². The molecule has 6 heteroatoms. The summed E-state index contributed by atoms with van der Waals surface area (Å²) in [5, 5.41) is 0.594. The minimum Gasteiger partial charge on any atom is -0.445 e. The van der Waals surface area contributed by atoms with E-state index in [-0.39, 0.29) is 20.9 Å². The highest BCUT2D eigenvalue weighted by Gasteiger charge is 2.55. The van der Waals surface area contributed by atoms with Gasteiger partial charge in [-0.25, -0.2) is 4.79 Å². The van der Waals surface area contributed by atoms with Gasteiger partial charge in [0.05, 0.1) is 0 Å². The van der Waals surface area contributed by atoms with Crippen LogP contribution in [0.2, 0.25) is 5.02 Å². The number of ether oxygens (including phenoxy) is 1. The van der Waals surface area contributed by atoms with E-state index in [2.05, 4.69) is 31.9 Å². The van der Waals surface area contributed by atoms with Crippen molar-refractivity contribution >= 4 is 60.6 Å². The molecule has 0 fully saturated rings. The molecule has 3 nitrogen and oxygen atoms in total. The molecule has 0 radical (unpaired) electrons. The third kappa shape index (κ3) is 3.63. The van der Waals surface area contributed by atoms with Crippen LogP contribution < -0.4 is 4.48 Å². The standard InChI is InChI=1S/C21H21Br2ClNO2/c1-21(2,3)25(16-11-7-10-15(24)12-16)13-27-18(19(22)23)17(20(25)26)14-8-5-4-6-9-14/h4-12,19H,13H2,1-3H3/q+1. The zero-order valence-electron chi connectivity index (χ0n) is 15.4. The van der Waals surface area contributed by atoms with Crippen molar-refractivity contribution in [2.75, 3.05) is 6.73 Å². The zero-order valence-corrected chi connectivity index (χ0v) is 19.3. The van der Waals surface area contributed by atoms with Gasteiger partial charge in [0.1, 0.15) is 26.3 Å². The molecule has 1 aliphatic rings. The Morgan fingerprint density at radius 3 is 2.30 bits per heavy atom. The second kappa shape index (κ2) is 7.70. The van der Waals surface area contributed by atoms with Gasteiger partial charge in [-0.2, -0.15) is 4.48 Å². The fraction of sp³-hybridized carbons (Fsp3) is 0.286. The van der Waals surface area contributed by atoms with Gasteiger partial charge in [-0.3, -0.25) is 0 Å². The molecule has 0 bridgehead atoms. The van der Waals surface area contributed by atoms with Crippen molar-refractivity contribution in [1.29, 1.82) is 0 Å². The fourth-order valence-electron chi connectivity index (χ4n) is 3.43. The Morgan fingerprint density at radius 2 is 1.74 bits per heavy atom. The van der Waals surface area contributed by atoms with Gasteiger partial charge in [0.25, 0.3) is 0 Å². The lowest BCUT2D eigenvalue weighted by Crippen LogP contribution is -2.68. The zero-order chi connectivity index (χ0) is 19.8. The number of hydrogen-bond donors (Lipinski definition) is 0. The monoisotopic (exact) mass is 512 g/mol. The van der Waals surface area contributed by atoms with Crippen molar-refractivity contribution in [3.8, 4) is 0 Å². The first kappa shape index (κ1) is 20.6.